The first-order chi connectivity index (χ1) is 21.8. The molecule has 0 aromatic heterocycles. The fraction of sp³-hybridized carbons (Fsp3) is 0. The minimum absolute atomic E-state index is 1.23. The predicted molar refractivity (Wildman–Crippen MR) is 190 cm³/mol. The van der Waals surface area contributed by atoms with E-state index in [-0.39, 0.29) is 0 Å². The van der Waals surface area contributed by atoms with Crippen molar-refractivity contribution in [1.82, 2.24) is 0 Å². The molecule has 0 heterocycles. The third kappa shape index (κ3) is 3.46. The van der Waals surface area contributed by atoms with E-state index in [2.05, 4.69) is 158 Å². The van der Waals surface area contributed by atoms with Crippen LogP contribution < -0.4 is 0 Å². The SMILES string of the molecule is c1cc2ccc3cc(-c4ccc(-c5ccc(-c6cc7ccc8cccc9ccc(c6)c7c89)cc5)cc4)cc4ccc(c1)c2c34. The lowest BCUT2D eigenvalue weighted by Crippen LogP contribution is -1.87. The monoisotopic (exact) mass is 554 g/mol. The van der Waals surface area contributed by atoms with Crippen LogP contribution in [0.5, 0.6) is 0 Å². The zero-order valence-corrected chi connectivity index (χ0v) is 24.0. The third-order valence-corrected chi connectivity index (χ3v) is 9.70. The minimum atomic E-state index is 1.23. The maximum Gasteiger partial charge on any atom is -0.00264 e. The molecule has 10 aromatic rings. The molecule has 0 saturated carbocycles. The molecule has 0 amide bonds. The topological polar surface area (TPSA) is 0 Å². The molecule has 202 valence electrons. The maximum atomic E-state index is 2.34. The highest BCUT2D eigenvalue weighted by Gasteiger charge is 2.12. The Balaban J connectivity index is 0.990. The van der Waals surface area contributed by atoms with Crippen LogP contribution in [-0.2, 0) is 0 Å². The van der Waals surface area contributed by atoms with E-state index in [1.54, 1.807) is 0 Å². The molecule has 10 aromatic carbocycles. The van der Waals surface area contributed by atoms with Gasteiger partial charge in [0.25, 0.3) is 0 Å². The van der Waals surface area contributed by atoms with Crippen molar-refractivity contribution in [3.63, 3.8) is 0 Å². The van der Waals surface area contributed by atoms with Crippen LogP contribution in [-0.4, -0.2) is 0 Å². The second-order valence-electron chi connectivity index (χ2n) is 12.2. The van der Waals surface area contributed by atoms with Gasteiger partial charge in [0, 0.05) is 0 Å². The molecule has 0 saturated heterocycles. The molecule has 0 nitrogen and oxygen atoms in total. The summed E-state index contributed by atoms with van der Waals surface area (Å²) in [5.41, 5.74) is 7.45. The van der Waals surface area contributed by atoms with Crippen molar-refractivity contribution in [3.8, 4) is 33.4 Å². The molecule has 0 bridgehead atoms. The number of rotatable bonds is 3. The van der Waals surface area contributed by atoms with Crippen LogP contribution in [0.4, 0.5) is 0 Å². The van der Waals surface area contributed by atoms with E-state index in [1.807, 2.05) is 0 Å². The van der Waals surface area contributed by atoms with Gasteiger partial charge in [0.15, 0.2) is 0 Å². The summed E-state index contributed by atoms with van der Waals surface area (Å²) in [5, 5.41) is 15.9. The Bertz CT molecular complexity index is 2360. The first-order valence-corrected chi connectivity index (χ1v) is 15.3. The van der Waals surface area contributed by atoms with Gasteiger partial charge < -0.3 is 0 Å². The van der Waals surface area contributed by atoms with Crippen molar-refractivity contribution in [3.05, 3.63) is 158 Å². The third-order valence-electron chi connectivity index (χ3n) is 9.70. The van der Waals surface area contributed by atoms with Crippen LogP contribution >= 0.6 is 0 Å². The van der Waals surface area contributed by atoms with E-state index < -0.39 is 0 Å². The smallest absolute Gasteiger partial charge is 0.00264 e. The van der Waals surface area contributed by atoms with Crippen molar-refractivity contribution >= 4 is 64.6 Å². The summed E-state index contributed by atoms with van der Waals surface area (Å²) < 4.78 is 0. The Morgan fingerprint density at radius 3 is 0.705 bits per heavy atom. The number of benzene rings is 10. The molecule has 0 aliphatic heterocycles. The van der Waals surface area contributed by atoms with Crippen molar-refractivity contribution in [2.45, 2.75) is 0 Å². The van der Waals surface area contributed by atoms with Crippen LogP contribution in [0.15, 0.2) is 158 Å². The molecule has 0 aliphatic rings. The Morgan fingerprint density at radius 1 is 0.182 bits per heavy atom. The van der Waals surface area contributed by atoms with E-state index in [0.717, 1.165) is 0 Å². The average Bonchev–Trinajstić information content (AvgIpc) is 3.09. The maximum absolute atomic E-state index is 2.34. The number of hydrogen-bond donors (Lipinski definition) is 0. The summed E-state index contributed by atoms with van der Waals surface area (Å²) in [5.74, 6) is 0. The van der Waals surface area contributed by atoms with Crippen LogP contribution in [0, 0.1) is 0 Å². The molecule has 0 spiro atoms. The second kappa shape index (κ2) is 8.89. The van der Waals surface area contributed by atoms with Crippen molar-refractivity contribution in [2.75, 3.05) is 0 Å². The highest BCUT2D eigenvalue weighted by atomic mass is 14.2. The molecular formula is C44H26. The molecule has 10 rings (SSSR count). The Hall–Kier alpha value is -5.72. The Kier molecular flexibility index (Phi) is 4.81. The van der Waals surface area contributed by atoms with E-state index in [9.17, 15) is 0 Å². The Morgan fingerprint density at radius 2 is 0.409 bits per heavy atom. The average molecular weight is 555 g/mol. The number of hydrogen-bond acceptors (Lipinski definition) is 0. The van der Waals surface area contributed by atoms with Gasteiger partial charge in [0.2, 0.25) is 0 Å². The van der Waals surface area contributed by atoms with Crippen molar-refractivity contribution in [2.24, 2.45) is 0 Å². The van der Waals surface area contributed by atoms with Crippen LogP contribution in [0.3, 0.4) is 0 Å². The largest absolute Gasteiger partial charge is 0.0610 e. The van der Waals surface area contributed by atoms with Gasteiger partial charge in [-0.3, -0.25) is 0 Å². The molecule has 44 heavy (non-hydrogen) atoms. The van der Waals surface area contributed by atoms with Gasteiger partial charge in [-0.15, -0.1) is 0 Å². The minimum Gasteiger partial charge on any atom is -0.0610 e. The summed E-state index contributed by atoms with van der Waals surface area (Å²) in [6.45, 7) is 0. The zero-order valence-electron chi connectivity index (χ0n) is 24.0. The lowest BCUT2D eigenvalue weighted by Gasteiger charge is -2.13. The van der Waals surface area contributed by atoms with Crippen molar-refractivity contribution in [1.29, 1.82) is 0 Å². The zero-order chi connectivity index (χ0) is 28.8. The molecule has 0 aliphatic carbocycles. The summed E-state index contributed by atoms with van der Waals surface area (Å²) in [6, 6.07) is 58.6. The fourth-order valence-electron chi connectivity index (χ4n) is 7.55. The lowest BCUT2D eigenvalue weighted by atomic mass is 9.90. The molecule has 0 atom stereocenters. The van der Waals surface area contributed by atoms with E-state index in [4.69, 9.17) is 0 Å². The van der Waals surface area contributed by atoms with Crippen LogP contribution in [0.1, 0.15) is 0 Å². The normalized spacial score (nSPS) is 12.1. The predicted octanol–water partition coefficient (Wildman–Crippen LogP) is 12.5. The van der Waals surface area contributed by atoms with Gasteiger partial charge in [-0.2, -0.15) is 0 Å². The van der Waals surface area contributed by atoms with Gasteiger partial charge in [-0.1, -0.05) is 133 Å². The summed E-state index contributed by atoms with van der Waals surface area (Å²) >= 11 is 0. The first kappa shape index (κ1) is 23.8. The summed E-state index contributed by atoms with van der Waals surface area (Å²) in [4.78, 5) is 0. The molecule has 0 unspecified atom stereocenters. The lowest BCUT2D eigenvalue weighted by molar-refractivity contribution is 1.59. The van der Waals surface area contributed by atoms with Gasteiger partial charge >= 0.3 is 0 Å². The molecule has 0 heteroatoms. The van der Waals surface area contributed by atoms with Gasteiger partial charge in [0.05, 0.1) is 0 Å². The van der Waals surface area contributed by atoms with Crippen LogP contribution in [0.25, 0.3) is 98.0 Å². The standard InChI is InChI=1S/C44H26/c1-3-31-15-19-35-23-39(24-36-20-16-32(4-1)41(31)43(35)36)29-11-7-27(8-12-29)28-9-13-30(14-10-28)40-25-37-21-17-33-5-2-6-34-18-22-38(26-40)44(37)42(33)34/h1-26H. The van der Waals surface area contributed by atoms with Crippen LogP contribution in [0.2, 0.25) is 0 Å². The van der Waals surface area contributed by atoms with Gasteiger partial charge in [0.1, 0.15) is 0 Å². The molecule has 0 fully saturated rings. The van der Waals surface area contributed by atoms with E-state index in [0.29, 0.717) is 0 Å². The summed E-state index contributed by atoms with van der Waals surface area (Å²) in [6.07, 6.45) is 0. The van der Waals surface area contributed by atoms with Gasteiger partial charge in [-0.25, -0.2) is 0 Å². The van der Waals surface area contributed by atoms with E-state index in [1.165, 1.54) is 98.0 Å². The summed E-state index contributed by atoms with van der Waals surface area (Å²) in [7, 11) is 0. The van der Waals surface area contributed by atoms with Gasteiger partial charge in [-0.05, 0) is 122 Å². The molecular weight excluding hydrogens is 528 g/mol. The first-order valence-electron chi connectivity index (χ1n) is 15.3. The molecule has 0 N–H and O–H groups in total. The van der Waals surface area contributed by atoms with Crippen molar-refractivity contribution < 1.29 is 0 Å². The fourth-order valence-corrected chi connectivity index (χ4v) is 7.55. The highest BCUT2D eigenvalue weighted by molar-refractivity contribution is 6.24. The highest BCUT2D eigenvalue weighted by Crippen LogP contribution is 2.39. The quantitative estimate of drug-likeness (QED) is 0.191. The Labute approximate surface area is 255 Å². The van der Waals surface area contributed by atoms with E-state index >= 15 is 0 Å². The molecule has 0 radical (unpaired) electrons. The second-order valence-corrected chi connectivity index (χ2v) is 12.2.